The highest BCUT2D eigenvalue weighted by molar-refractivity contribution is 6.99. The summed E-state index contributed by atoms with van der Waals surface area (Å²) in [5, 5.41) is 5.13. The van der Waals surface area contributed by atoms with Crippen molar-refractivity contribution in [3.63, 3.8) is 0 Å². The van der Waals surface area contributed by atoms with Gasteiger partial charge in [-0.05, 0) is 75.9 Å². The molecule has 0 N–H and O–H groups in total. The van der Waals surface area contributed by atoms with Crippen LogP contribution in [0.5, 0.6) is 11.5 Å². The van der Waals surface area contributed by atoms with Crippen molar-refractivity contribution in [3.05, 3.63) is 127 Å². The maximum absolute atomic E-state index is 6.53. The summed E-state index contributed by atoms with van der Waals surface area (Å²) in [4.78, 5) is 0. The van der Waals surface area contributed by atoms with Crippen molar-refractivity contribution in [1.29, 1.82) is 0 Å². The predicted molar refractivity (Wildman–Crippen MR) is 185 cm³/mol. The first-order valence-corrected chi connectivity index (χ1v) is 15.5. The van der Waals surface area contributed by atoms with Crippen LogP contribution < -0.4 is 21.1 Å². The van der Waals surface area contributed by atoms with Gasteiger partial charge in [0.05, 0.1) is 16.6 Å². The molecular formula is C40H29BN2O. The molecule has 0 unspecified atom stereocenters. The van der Waals surface area contributed by atoms with Crippen molar-refractivity contribution in [2.24, 2.45) is 0 Å². The minimum absolute atomic E-state index is 0.106. The van der Waals surface area contributed by atoms with Crippen molar-refractivity contribution in [2.45, 2.75) is 26.2 Å². The first kappa shape index (κ1) is 24.3. The Morgan fingerprint density at radius 1 is 0.545 bits per heavy atom. The molecule has 44 heavy (non-hydrogen) atoms. The molecule has 208 valence electrons. The third-order valence-corrected chi connectivity index (χ3v) is 9.94. The van der Waals surface area contributed by atoms with Gasteiger partial charge in [-0.3, -0.25) is 0 Å². The number of ether oxygens (including phenoxy) is 1. The third-order valence-electron chi connectivity index (χ3n) is 9.94. The Morgan fingerprint density at radius 3 is 2.09 bits per heavy atom. The SMILES string of the molecule is CC(C)(C)c1ccc(-n2c3ccccc3c3cc4c5cccc6c5n(c4cc32)-c2cccc3c2B6c2ccccc2O3)cc1. The number of hydrogen-bond acceptors (Lipinski definition) is 1. The van der Waals surface area contributed by atoms with E-state index in [0.29, 0.717) is 0 Å². The van der Waals surface area contributed by atoms with Crippen molar-refractivity contribution in [2.75, 3.05) is 0 Å². The van der Waals surface area contributed by atoms with Crippen LogP contribution in [0.15, 0.2) is 121 Å². The van der Waals surface area contributed by atoms with Crippen molar-refractivity contribution >= 4 is 66.7 Å². The van der Waals surface area contributed by atoms with Crippen LogP contribution in [0.25, 0.3) is 55.0 Å². The molecule has 0 bridgehead atoms. The Hall–Kier alpha value is -5.22. The summed E-state index contributed by atoms with van der Waals surface area (Å²) in [5.41, 5.74) is 12.6. The van der Waals surface area contributed by atoms with Gasteiger partial charge in [-0.15, -0.1) is 0 Å². The molecule has 0 saturated carbocycles. The second-order valence-corrected chi connectivity index (χ2v) is 13.4. The van der Waals surface area contributed by atoms with Crippen molar-refractivity contribution in [1.82, 2.24) is 9.13 Å². The molecule has 0 spiro atoms. The van der Waals surface area contributed by atoms with Gasteiger partial charge in [-0.2, -0.15) is 0 Å². The van der Waals surface area contributed by atoms with Crippen LogP contribution in [0, 0.1) is 0 Å². The quantitative estimate of drug-likeness (QED) is 0.184. The van der Waals surface area contributed by atoms with Gasteiger partial charge in [0.1, 0.15) is 11.5 Å². The first-order valence-electron chi connectivity index (χ1n) is 15.5. The largest absolute Gasteiger partial charge is 0.458 e. The summed E-state index contributed by atoms with van der Waals surface area (Å²) in [7, 11) is 0. The highest BCUT2D eigenvalue weighted by atomic mass is 16.5. The summed E-state index contributed by atoms with van der Waals surface area (Å²) in [6, 6.07) is 44.7. The molecule has 2 aromatic heterocycles. The lowest BCUT2D eigenvalue weighted by Crippen LogP contribution is -2.58. The average molecular weight is 564 g/mol. The Morgan fingerprint density at radius 2 is 1.23 bits per heavy atom. The molecule has 0 saturated heterocycles. The van der Waals surface area contributed by atoms with Gasteiger partial charge in [0, 0.05) is 38.4 Å². The number of para-hydroxylation sites is 3. The molecule has 2 aliphatic heterocycles. The number of fused-ring (bicyclic) bond motifs is 10. The first-order chi connectivity index (χ1) is 21.5. The monoisotopic (exact) mass is 564 g/mol. The van der Waals surface area contributed by atoms with Crippen LogP contribution in [0.3, 0.4) is 0 Å². The number of rotatable bonds is 1. The topological polar surface area (TPSA) is 19.1 Å². The second-order valence-electron chi connectivity index (χ2n) is 13.4. The van der Waals surface area contributed by atoms with Crippen LogP contribution in [-0.2, 0) is 5.41 Å². The lowest BCUT2D eigenvalue weighted by Gasteiger charge is -2.33. The molecular weight excluding hydrogens is 535 g/mol. The van der Waals surface area contributed by atoms with Crippen LogP contribution >= 0.6 is 0 Å². The van der Waals surface area contributed by atoms with E-state index >= 15 is 0 Å². The van der Waals surface area contributed by atoms with Crippen LogP contribution in [0.1, 0.15) is 26.3 Å². The van der Waals surface area contributed by atoms with E-state index in [4.69, 9.17) is 4.74 Å². The van der Waals surface area contributed by atoms with E-state index in [2.05, 4.69) is 151 Å². The summed E-state index contributed by atoms with van der Waals surface area (Å²) < 4.78 is 11.5. The fourth-order valence-electron chi connectivity index (χ4n) is 7.94. The molecule has 8 aromatic rings. The van der Waals surface area contributed by atoms with Gasteiger partial charge < -0.3 is 13.9 Å². The van der Waals surface area contributed by atoms with Crippen LogP contribution in [-0.4, -0.2) is 15.8 Å². The standard InChI is InChI=1S/C40H29BN2O/c1-40(2,3)24-18-20-25(21-19-24)42-32-14-6-4-10-26(32)28-22-29-27-11-8-13-31-39(27)43(35(29)23-34(28)42)33-15-9-17-37-38(33)41(31)30-12-5-7-16-36(30)44-37/h4-23H,1-3H3. The van der Waals surface area contributed by atoms with Gasteiger partial charge >= 0.3 is 0 Å². The molecule has 0 aliphatic carbocycles. The smallest absolute Gasteiger partial charge is 0.256 e. The molecule has 4 heteroatoms. The highest BCUT2D eigenvalue weighted by Gasteiger charge is 2.40. The van der Waals surface area contributed by atoms with Gasteiger partial charge in [0.15, 0.2) is 0 Å². The van der Waals surface area contributed by atoms with Crippen LogP contribution in [0.2, 0.25) is 0 Å². The Labute approximate surface area is 256 Å². The molecule has 0 amide bonds. The molecule has 0 fully saturated rings. The van der Waals surface area contributed by atoms with E-state index in [1.54, 1.807) is 0 Å². The molecule has 0 radical (unpaired) electrons. The van der Waals surface area contributed by atoms with E-state index in [1.165, 1.54) is 76.9 Å². The Bertz CT molecular complexity index is 2510. The third kappa shape index (κ3) is 3.03. The van der Waals surface area contributed by atoms with Crippen molar-refractivity contribution < 1.29 is 4.74 Å². The van der Waals surface area contributed by atoms with E-state index in [-0.39, 0.29) is 12.1 Å². The molecule has 6 aromatic carbocycles. The summed E-state index contributed by atoms with van der Waals surface area (Å²) in [5.74, 6) is 1.90. The number of aromatic nitrogens is 2. The zero-order chi connectivity index (χ0) is 29.3. The summed E-state index contributed by atoms with van der Waals surface area (Å²) in [6.45, 7) is 6.95. The highest BCUT2D eigenvalue weighted by Crippen LogP contribution is 2.41. The maximum atomic E-state index is 6.53. The average Bonchev–Trinajstić information content (AvgIpc) is 3.54. The molecule has 2 aliphatic rings. The zero-order valence-corrected chi connectivity index (χ0v) is 24.9. The number of nitrogens with zero attached hydrogens (tertiary/aromatic N) is 2. The van der Waals surface area contributed by atoms with E-state index < -0.39 is 0 Å². The van der Waals surface area contributed by atoms with E-state index in [1.807, 2.05) is 0 Å². The lowest BCUT2D eigenvalue weighted by atomic mass is 9.34. The van der Waals surface area contributed by atoms with E-state index in [0.717, 1.165) is 11.5 Å². The second kappa shape index (κ2) is 8.24. The minimum atomic E-state index is 0.106. The molecule has 3 nitrogen and oxygen atoms in total. The fourth-order valence-corrected chi connectivity index (χ4v) is 7.94. The Balaban J connectivity index is 1.34. The van der Waals surface area contributed by atoms with Crippen molar-refractivity contribution in [3.8, 4) is 22.9 Å². The van der Waals surface area contributed by atoms with Gasteiger partial charge in [0.2, 0.25) is 0 Å². The number of hydrogen-bond donors (Lipinski definition) is 0. The maximum Gasteiger partial charge on any atom is 0.256 e. The number of benzene rings is 6. The van der Waals surface area contributed by atoms with Gasteiger partial charge in [-0.1, -0.05) is 93.6 Å². The molecule has 0 atom stereocenters. The summed E-state index contributed by atoms with van der Waals surface area (Å²) in [6.07, 6.45) is 0. The lowest BCUT2D eigenvalue weighted by molar-refractivity contribution is 0.487. The zero-order valence-electron chi connectivity index (χ0n) is 24.9. The summed E-state index contributed by atoms with van der Waals surface area (Å²) >= 11 is 0. The van der Waals surface area contributed by atoms with Gasteiger partial charge in [0.25, 0.3) is 6.71 Å². The molecule has 4 heterocycles. The molecule has 10 rings (SSSR count). The normalized spacial score (nSPS) is 13.5. The van der Waals surface area contributed by atoms with Gasteiger partial charge in [-0.25, -0.2) is 0 Å². The van der Waals surface area contributed by atoms with E-state index in [9.17, 15) is 0 Å². The Kier molecular flexibility index (Phi) is 4.54. The minimum Gasteiger partial charge on any atom is -0.458 e. The predicted octanol–water partition coefficient (Wildman–Crippen LogP) is 8.11. The van der Waals surface area contributed by atoms with Crippen LogP contribution in [0.4, 0.5) is 0 Å². The fraction of sp³-hybridized carbons (Fsp3) is 0.100.